The van der Waals surface area contributed by atoms with E-state index in [4.69, 9.17) is 9.26 Å². The number of piperazine rings is 1. The Balaban J connectivity index is 1.08. The summed E-state index contributed by atoms with van der Waals surface area (Å²) in [6.45, 7) is 6.34. The molecule has 0 bridgehead atoms. The number of rotatable bonds is 5. The van der Waals surface area contributed by atoms with Crippen molar-refractivity contribution in [3.05, 3.63) is 42.4 Å². The highest BCUT2D eigenvalue weighted by atomic mass is 19.1. The first-order valence-corrected chi connectivity index (χ1v) is 11.2. The third-order valence-corrected chi connectivity index (χ3v) is 7.13. The molecule has 3 aliphatic heterocycles. The van der Waals surface area contributed by atoms with Crippen molar-refractivity contribution < 1.29 is 18.4 Å². The number of esters is 1. The average molecular weight is 429 g/mol. The van der Waals surface area contributed by atoms with E-state index in [0.717, 1.165) is 83.0 Å². The van der Waals surface area contributed by atoms with Gasteiger partial charge in [0.15, 0.2) is 5.82 Å². The van der Waals surface area contributed by atoms with Crippen LogP contribution in [0.15, 0.2) is 41.1 Å². The van der Waals surface area contributed by atoms with Crippen LogP contribution in [-0.2, 0) is 9.53 Å². The van der Waals surface area contributed by atoms with E-state index in [2.05, 4.69) is 19.9 Å². The zero-order valence-corrected chi connectivity index (χ0v) is 17.7. The van der Waals surface area contributed by atoms with E-state index in [-0.39, 0.29) is 23.3 Å². The van der Waals surface area contributed by atoms with Crippen molar-refractivity contribution in [3.63, 3.8) is 0 Å². The lowest BCUT2D eigenvalue weighted by atomic mass is 9.75. The molecular formula is C23H29FN4O3. The zero-order valence-electron chi connectivity index (χ0n) is 17.7. The Hall–Kier alpha value is -2.61. The first-order chi connectivity index (χ1) is 15.1. The molecule has 1 spiro atoms. The SMILES string of the molecule is O=C1O[C@@H](CCN2CCN(c3ccc(F)cc3)CC2)CC12CCN(c1ccon1)CC2. The van der Waals surface area contributed by atoms with E-state index in [1.807, 2.05) is 18.2 Å². The summed E-state index contributed by atoms with van der Waals surface area (Å²) < 4.78 is 23.9. The Morgan fingerprint density at radius 2 is 1.74 bits per heavy atom. The Bertz CT molecular complexity index is 873. The highest BCUT2D eigenvalue weighted by Crippen LogP contribution is 2.44. The van der Waals surface area contributed by atoms with Crippen molar-refractivity contribution in [2.45, 2.75) is 31.8 Å². The molecule has 0 N–H and O–H groups in total. The van der Waals surface area contributed by atoms with Crippen molar-refractivity contribution in [1.29, 1.82) is 0 Å². The standard InChI is InChI=1S/C23H29FN4O3/c24-18-1-3-19(4-2-18)27-14-12-26(13-15-27)9-5-20-17-23(22(29)31-20)7-10-28(11-8-23)21-6-16-30-25-21/h1-4,6,16,20H,5,7-15,17H2/t20-/m0/s1. The van der Waals surface area contributed by atoms with E-state index in [1.54, 1.807) is 6.26 Å². The van der Waals surface area contributed by atoms with E-state index in [1.165, 1.54) is 12.1 Å². The largest absolute Gasteiger partial charge is 0.462 e. The number of hydrogen-bond donors (Lipinski definition) is 0. The van der Waals surface area contributed by atoms with Crippen LogP contribution in [0.25, 0.3) is 0 Å². The molecule has 0 saturated carbocycles. The first kappa shape index (κ1) is 20.3. The van der Waals surface area contributed by atoms with Crippen LogP contribution < -0.4 is 9.80 Å². The van der Waals surface area contributed by atoms with Crippen molar-refractivity contribution >= 4 is 17.5 Å². The van der Waals surface area contributed by atoms with Crippen LogP contribution in [-0.4, -0.2) is 67.9 Å². The highest BCUT2D eigenvalue weighted by Gasteiger charge is 2.50. The molecule has 3 fully saturated rings. The zero-order chi connectivity index (χ0) is 21.3. The lowest BCUT2D eigenvalue weighted by Crippen LogP contribution is -2.47. The Morgan fingerprint density at radius 3 is 2.42 bits per heavy atom. The third kappa shape index (κ3) is 4.26. The van der Waals surface area contributed by atoms with Gasteiger partial charge in [-0.15, -0.1) is 0 Å². The molecule has 31 heavy (non-hydrogen) atoms. The minimum absolute atomic E-state index is 0.0150. The molecule has 166 valence electrons. The molecule has 8 heteroatoms. The molecule has 0 amide bonds. The molecule has 1 aromatic carbocycles. The second-order valence-corrected chi connectivity index (χ2v) is 8.95. The summed E-state index contributed by atoms with van der Waals surface area (Å²) in [7, 11) is 0. The van der Waals surface area contributed by atoms with Gasteiger partial charge in [-0.25, -0.2) is 4.39 Å². The fourth-order valence-corrected chi connectivity index (χ4v) is 5.15. The van der Waals surface area contributed by atoms with Gasteiger partial charge in [0.05, 0.1) is 5.41 Å². The molecule has 1 aromatic heterocycles. The van der Waals surface area contributed by atoms with Gasteiger partial charge >= 0.3 is 5.97 Å². The maximum Gasteiger partial charge on any atom is 0.312 e. The van der Waals surface area contributed by atoms with Crippen molar-refractivity contribution in [2.24, 2.45) is 5.41 Å². The van der Waals surface area contributed by atoms with E-state index in [9.17, 15) is 9.18 Å². The van der Waals surface area contributed by atoms with Gasteiger partial charge in [0.25, 0.3) is 0 Å². The minimum Gasteiger partial charge on any atom is -0.462 e. The Kier molecular flexibility index (Phi) is 5.56. The van der Waals surface area contributed by atoms with Crippen molar-refractivity contribution in [3.8, 4) is 0 Å². The molecule has 0 radical (unpaired) electrons. The number of hydrogen-bond acceptors (Lipinski definition) is 7. The molecule has 7 nitrogen and oxygen atoms in total. The van der Waals surface area contributed by atoms with Crippen LogP contribution in [0.1, 0.15) is 25.7 Å². The van der Waals surface area contributed by atoms with Crippen LogP contribution >= 0.6 is 0 Å². The molecule has 4 heterocycles. The fraction of sp³-hybridized carbons (Fsp3) is 0.565. The van der Waals surface area contributed by atoms with Gasteiger partial charge in [-0.05, 0) is 43.5 Å². The molecular weight excluding hydrogens is 399 g/mol. The number of cyclic esters (lactones) is 1. The number of aromatic nitrogens is 1. The van der Waals surface area contributed by atoms with Crippen LogP contribution in [0.3, 0.4) is 0 Å². The number of benzene rings is 1. The summed E-state index contributed by atoms with van der Waals surface area (Å²) in [4.78, 5) is 19.6. The van der Waals surface area contributed by atoms with Crippen LogP contribution in [0.5, 0.6) is 0 Å². The number of carbonyl (C=O) groups is 1. The van der Waals surface area contributed by atoms with Gasteiger partial charge in [-0.3, -0.25) is 9.69 Å². The highest BCUT2D eigenvalue weighted by molar-refractivity contribution is 5.79. The van der Waals surface area contributed by atoms with E-state index >= 15 is 0 Å². The van der Waals surface area contributed by atoms with E-state index in [0.29, 0.717) is 0 Å². The second kappa shape index (κ2) is 8.49. The summed E-state index contributed by atoms with van der Waals surface area (Å²) in [5, 5.41) is 4.01. The van der Waals surface area contributed by atoms with Gasteiger partial charge in [-0.1, -0.05) is 5.16 Å². The lowest BCUT2D eigenvalue weighted by Gasteiger charge is -2.37. The quantitative estimate of drug-likeness (QED) is 0.679. The monoisotopic (exact) mass is 428 g/mol. The topological polar surface area (TPSA) is 62.1 Å². The smallest absolute Gasteiger partial charge is 0.312 e. The predicted molar refractivity (Wildman–Crippen MR) is 115 cm³/mol. The third-order valence-electron chi connectivity index (χ3n) is 7.13. The Morgan fingerprint density at radius 1 is 1.00 bits per heavy atom. The van der Waals surface area contributed by atoms with Crippen LogP contribution in [0.4, 0.5) is 15.9 Å². The summed E-state index contributed by atoms with van der Waals surface area (Å²) in [5.41, 5.74) is 0.747. The number of ether oxygens (including phenoxy) is 1. The lowest BCUT2D eigenvalue weighted by molar-refractivity contribution is -0.149. The Labute approximate surface area is 181 Å². The summed E-state index contributed by atoms with van der Waals surface area (Å²) in [5.74, 6) is 0.631. The van der Waals surface area contributed by atoms with Gasteiger partial charge in [-0.2, -0.15) is 0 Å². The van der Waals surface area contributed by atoms with Crippen LogP contribution in [0, 0.1) is 11.2 Å². The predicted octanol–water partition coefficient (Wildman–Crippen LogP) is 2.93. The number of nitrogens with zero attached hydrogens (tertiary/aromatic N) is 4. The van der Waals surface area contributed by atoms with E-state index < -0.39 is 0 Å². The summed E-state index contributed by atoms with van der Waals surface area (Å²) >= 11 is 0. The molecule has 2 aromatic rings. The molecule has 0 unspecified atom stereocenters. The van der Waals surface area contributed by atoms with Gasteiger partial charge in [0.2, 0.25) is 0 Å². The average Bonchev–Trinajstić information content (AvgIpc) is 3.43. The van der Waals surface area contributed by atoms with Crippen molar-refractivity contribution in [2.75, 3.05) is 55.6 Å². The maximum atomic E-state index is 13.1. The first-order valence-electron chi connectivity index (χ1n) is 11.2. The van der Waals surface area contributed by atoms with Crippen molar-refractivity contribution in [1.82, 2.24) is 10.1 Å². The number of piperidine rings is 1. The van der Waals surface area contributed by atoms with Gasteiger partial charge in [0, 0.05) is 64.0 Å². The number of halogens is 1. The molecule has 5 rings (SSSR count). The molecule has 3 saturated heterocycles. The van der Waals surface area contributed by atoms with Gasteiger partial charge in [0.1, 0.15) is 18.2 Å². The second-order valence-electron chi connectivity index (χ2n) is 8.95. The fourth-order valence-electron chi connectivity index (χ4n) is 5.15. The molecule has 0 aliphatic carbocycles. The normalized spacial score (nSPS) is 24.0. The number of carbonyl (C=O) groups excluding carboxylic acids is 1. The summed E-state index contributed by atoms with van der Waals surface area (Å²) in [6.07, 6.45) is 4.93. The summed E-state index contributed by atoms with van der Waals surface area (Å²) in [6, 6.07) is 8.58. The number of anilines is 2. The molecule has 3 aliphatic rings. The minimum atomic E-state index is -0.327. The molecule has 1 atom stereocenters. The van der Waals surface area contributed by atoms with Gasteiger partial charge < -0.3 is 19.1 Å². The van der Waals surface area contributed by atoms with Crippen LogP contribution in [0.2, 0.25) is 0 Å². The maximum absolute atomic E-state index is 13.1.